The summed E-state index contributed by atoms with van der Waals surface area (Å²) < 4.78 is 24.5. The zero-order valence-electron chi connectivity index (χ0n) is 7.82. The van der Waals surface area contributed by atoms with Gasteiger partial charge in [-0.25, -0.2) is 12.7 Å². The van der Waals surface area contributed by atoms with E-state index in [1.54, 1.807) is 14.1 Å². The van der Waals surface area contributed by atoms with Crippen LogP contribution >= 0.6 is 0 Å². The van der Waals surface area contributed by atoms with E-state index in [4.69, 9.17) is 0 Å². The van der Waals surface area contributed by atoms with Gasteiger partial charge in [-0.2, -0.15) is 0 Å². The fourth-order valence-corrected chi connectivity index (χ4v) is 2.88. The Hall–Kier alpha value is -0.130. The molecule has 1 aliphatic rings. The van der Waals surface area contributed by atoms with Crippen molar-refractivity contribution >= 4 is 10.0 Å². The van der Waals surface area contributed by atoms with Crippen molar-refractivity contribution in [1.29, 1.82) is 0 Å². The molecule has 0 saturated carbocycles. The maximum atomic E-state index is 11.6. The molecule has 0 radical (unpaired) electrons. The second-order valence-corrected chi connectivity index (χ2v) is 5.93. The number of likely N-dealkylation sites (tertiary alicyclic amines) is 1. The molecule has 0 bridgehead atoms. The van der Waals surface area contributed by atoms with Crippen molar-refractivity contribution in [3.8, 4) is 0 Å². The number of nitrogens with zero attached hydrogens (tertiary/aromatic N) is 2. The molecule has 1 atom stereocenters. The highest BCUT2D eigenvalue weighted by Crippen LogP contribution is 2.16. The molecule has 0 aromatic carbocycles. The summed E-state index contributed by atoms with van der Waals surface area (Å²) in [5.41, 5.74) is 0. The van der Waals surface area contributed by atoms with Crippen LogP contribution in [0.3, 0.4) is 0 Å². The summed E-state index contributed by atoms with van der Waals surface area (Å²) >= 11 is 0. The van der Waals surface area contributed by atoms with Gasteiger partial charge in [0.2, 0.25) is 10.0 Å². The van der Waals surface area contributed by atoms with Gasteiger partial charge in [0.25, 0.3) is 0 Å². The summed E-state index contributed by atoms with van der Waals surface area (Å²) in [6, 6.07) is 0. The van der Waals surface area contributed by atoms with Crippen LogP contribution in [0, 0.1) is 0 Å². The molecule has 0 aromatic rings. The summed E-state index contributed by atoms with van der Waals surface area (Å²) in [5, 5.41) is -0.197. The maximum absolute atomic E-state index is 11.6. The quantitative estimate of drug-likeness (QED) is 0.597. The Balaban J connectivity index is 2.71. The molecule has 0 N–H and O–H groups in total. The molecule has 1 unspecified atom stereocenters. The van der Waals surface area contributed by atoms with Gasteiger partial charge in [-0.1, -0.05) is 0 Å². The second kappa shape index (κ2) is 3.32. The van der Waals surface area contributed by atoms with Gasteiger partial charge in [0, 0.05) is 20.6 Å². The molecule has 5 heteroatoms. The summed E-state index contributed by atoms with van der Waals surface area (Å²) in [5.74, 6) is 0. The third-order valence-electron chi connectivity index (χ3n) is 2.28. The smallest absolute Gasteiger partial charge is 0.217 e. The van der Waals surface area contributed by atoms with Crippen LogP contribution in [0.25, 0.3) is 0 Å². The van der Waals surface area contributed by atoms with E-state index in [9.17, 15) is 8.42 Å². The number of sulfonamides is 1. The lowest BCUT2D eigenvalue weighted by atomic mass is 10.4. The average molecular weight is 192 g/mol. The fourth-order valence-electron chi connectivity index (χ4n) is 1.44. The van der Waals surface area contributed by atoms with E-state index >= 15 is 0 Å². The molecular weight excluding hydrogens is 176 g/mol. The van der Waals surface area contributed by atoms with Crippen LogP contribution < -0.4 is 0 Å². The molecule has 12 heavy (non-hydrogen) atoms. The molecule has 1 rings (SSSR count). The van der Waals surface area contributed by atoms with E-state index in [2.05, 4.69) is 0 Å². The van der Waals surface area contributed by atoms with Crippen LogP contribution in [0.5, 0.6) is 0 Å². The highest BCUT2D eigenvalue weighted by molar-refractivity contribution is 7.89. The van der Waals surface area contributed by atoms with Gasteiger partial charge in [-0.3, -0.25) is 0 Å². The predicted molar refractivity (Wildman–Crippen MR) is 48.5 cm³/mol. The molecular formula is C7H16N2O2S. The summed E-state index contributed by atoms with van der Waals surface area (Å²) in [7, 11) is 2.11. The van der Waals surface area contributed by atoms with Crippen LogP contribution in [0.1, 0.15) is 6.42 Å². The van der Waals surface area contributed by atoms with Gasteiger partial charge in [0.05, 0.1) is 5.25 Å². The third kappa shape index (κ3) is 1.78. The lowest BCUT2D eigenvalue weighted by Gasteiger charge is -2.16. The summed E-state index contributed by atoms with van der Waals surface area (Å²) in [4.78, 5) is 2.05. The first-order valence-corrected chi connectivity index (χ1v) is 5.55. The second-order valence-electron chi connectivity index (χ2n) is 3.50. The highest BCUT2D eigenvalue weighted by atomic mass is 32.2. The van der Waals surface area contributed by atoms with Gasteiger partial charge >= 0.3 is 0 Å². The van der Waals surface area contributed by atoms with E-state index in [1.165, 1.54) is 4.31 Å². The minimum absolute atomic E-state index is 0.197. The third-order valence-corrected chi connectivity index (χ3v) is 4.52. The van der Waals surface area contributed by atoms with Crippen molar-refractivity contribution in [3.63, 3.8) is 0 Å². The lowest BCUT2D eigenvalue weighted by molar-refractivity contribution is 0.414. The zero-order valence-corrected chi connectivity index (χ0v) is 8.63. The molecule has 0 aliphatic carbocycles. The summed E-state index contributed by atoms with van der Waals surface area (Å²) in [6.45, 7) is 1.55. The van der Waals surface area contributed by atoms with Gasteiger partial charge in [-0.15, -0.1) is 0 Å². The Kier molecular flexibility index (Phi) is 2.75. The zero-order chi connectivity index (χ0) is 9.35. The topological polar surface area (TPSA) is 40.6 Å². The maximum Gasteiger partial charge on any atom is 0.217 e. The van der Waals surface area contributed by atoms with E-state index < -0.39 is 10.0 Å². The van der Waals surface area contributed by atoms with Crippen molar-refractivity contribution in [3.05, 3.63) is 0 Å². The van der Waals surface area contributed by atoms with Crippen LogP contribution in [0.2, 0.25) is 0 Å². The normalized spacial score (nSPS) is 26.8. The number of hydrogen-bond acceptors (Lipinski definition) is 3. The lowest BCUT2D eigenvalue weighted by Crippen LogP contribution is -2.34. The van der Waals surface area contributed by atoms with Crippen LogP contribution in [-0.4, -0.2) is 57.1 Å². The van der Waals surface area contributed by atoms with Crippen molar-refractivity contribution in [2.45, 2.75) is 11.7 Å². The Morgan fingerprint density at radius 3 is 2.33 bits per heavy atom. The largest absolute Gasteiger partial charge is 0.305 e. The van der Waals surface area contributed by atoms with E-state index in [0.29, 0.717) is 6.54 Å². The standard InChI is InChI=1S/C7H16N2O2S/c1-8(2)12(10,11)7-4-5-9(3)6-7/h7H,4-6H2,1-3H3. The number of hydrogen-bond donors (Lipinski definition) is 0. The van der Waals surface area contributed by atoms with E-state index in [1.807, 2.05) is 11.9 Å². The SMILES string of the molecule is CN1CCC(S(=O)(=O)N(C)C)C1. The van der Waals surface area contributed by atoms with Crippen LogP contribution in [-0.2, 0) is 10.0 Å². The molecule has 1 heterocycles. The first-order chi connectivity index (χ1) is 5.44. The Bertz CT molecular complexity index is 248. The molecule has 0 amide bonds. The monoisotopic (exact) mass is 192 g/mol. The first kappa shape index (κ1) is 9.95. The van der Waals surface area contributed by atoms with Crippen molar-refractivity contribution in [2.24, 2.45) is 0 Å². The van der Waals surface area contributed by atoms with E-state index in [-0.39, 0.29) is 5.25 Å². The van der Waals surface area contributed by atoms with Gasteiger partial charge in [0.15, 0.2) is 0 Å². The molecule has 1 aliphatic heterocycles. The van der Waals surface area contributed by atoms with Crippen LogP contribution in [0.4, 0.5) is 0 Å². The minimum atomic E-state index is -3.02. The van der Waals surface area contributed by atoms with Crippen molar-refractivity contribution in [2.75, 3.05) is 34.2 Å². The minimum Gasteiger partial charge on any atom is -0.305 e. The number of rotatable bonds is 2. The molecule has 0 spiro atoms. The molecule has 72 valence electrons. The highest BCUT2D eigenvalue weighted by Gasteiger charge is 2.32. The van der Waals surface area contributed by atoms with E-state index in [0.717, 1.165) is 13.0 Å². The molecule has 1 saturated heterocycles. The van der Waals surface area contributed by atoms with Gasteiger partial charge < -0.3 is 4.90 Å². The Labute approximate surface area is 74.2 Å². The first-order valence-electron chi connectivity index (χ1n) is 4.04. The Morgan fingerprint density at radius 1 is 1.42 bits per heavy atom. The van der Waals surface area contributed by atoms with Gasteiger partial charge in [-0.05, 0) is 20.0 Å². The summed E-state index contributed by atoms with van der Waals surface area (Å²) in [6.07, 6.45) is 0.761. The average Bonchev–Trinajstić information content (AvgIpc) is 2.35. The van der Waals surface area contributed by atoms with Crippen molar-refractivity contribution < 1.29 is 8.42 Å². The molecule has 0 aromatic heterocycles. The van der Waals surface area contributed by atoms with Gasteiger partial charge in [0.1, 0.15) is 0 Å². The van der Waals surface area contributed by atoms with Crippen LogP contribution in [0.15, 0.2) is 0 Å². The fraction of sp³-hybridized carbons (Fsp3) is 1.00. The predicted octanol–water partition coefficient (Wildman–Crippen LogP) is -0.418. The Morgan fingerprint density at radius 2 is 2.00 bits per heavy atom. The molecule has 1 fully saturated rings. The molecule has 4 nitrogen and oxygen atoms in total. The van der Waals surface area contributed by atoms with Crippen molar-refractivity contribution in [1.82, 2.24) is 9.21 Å².